The highest BCUT2D eigenvalue weighted by atomic mass is 79.9. The first-order valence-electron chi connectivity index (χ1n) is 8.93. The number of hydrogen-bond donors (Lipinski definition) is 2. The van der Waals surface area contributed by atoms with Gasteiger partial charge in [0.25, 0.3) is 5.91 Å². The second-order valence-corrected chi connectivity index (χ2v) is 7.09. The Kier molecular flexibility index (Phi) is 8.68. The largest absolute Gasteiger partial charge is 0.497 e. The molecule has 31 heavy (non-hydrogen) atoms. The van der Waals surface area contributed by atoms with E-state index in [1.807, 2.05) is 0 Å². The van der Waals surface area contributed by atoms with Gasteiger partial charge in [-0.05, 0) is 52.7 Å². The zero-order valence-electron chi connectivity index (χ0n) is 16.6. The number of anilines is 1. The van der Waals surface area contributed by atoms with Crippen LogP contribution in [0.2, 0.25) is 0 Å². The lowest BCUT2D eigenvalue weighted by Crippen LogP contribution is -2.39. The van der Waals surface area contributed by atoms with Gasteiger partial charge < -0.3 is 20.1 Å². The van der Waals surface area contributed by atoms with Gasteiger partial charge in [0.15, 0.2) is 12.4 Å². The normalized spacial score (nSPS) is 11.6. The maximum absolute atomic E-state index is 13.7. The molecule has 0 saturated heterocycles. The Morgan fingerprint density at radius 1 is 1.16 bits per heavy atom. The molecule has 2 aromatic carbocycles. The standard InChI is InChI=1S/C21H19BrF2N2O5/c1-12(25-18(27)8-5-13-3-6-15(30-2)7-4-13)21(29)31-11-19(28)26-20-16(22)9-14(23)10-17(20)24/h3-10,12H,11H2,1-2H3,(H,25,27)(H,26,28)/t12-/m0/s1. The predicted octanol–water partition coefficient (Wildman–Crippen LogP) is 3.44. The van der Waals surface area contributed by atoms with E-state index in [2.05, 4.69) is 26.6 Å². The lowest BCUT2D eigenvalue weighted by molar-refractivity contribution is -0.149. The van der Waals surface area contributed by atoms with Crippen LogP contribution in [0.1, 0.15) is 12.5 Å². The second-order valence-electron chi connectivity index (χ2n) is 6.24. The van der Waals surface area contributed by atoms with Crippen molar-refractivity contribution in [2.75, 3.05) is 19.0 Å². The van der Waals surface area contributed by atoms with E-state index in [1.54, 1.807) is 37.5 Å². The maximum Gasteiger partial charge on any atom is 0.328 e. The summed E-state index contributed by atoms with van der Waals surface area (Å²) in [4.78, 5) is 35.8. The topological polar surface area (TPSA) is 93.7 Å². The molecule has 2 N–H and O–H groups in total. The van der Waals surface area contributed by atoms with Crippen molar-refractivity contribution in [2.45, 2.75) is 13.0 Å². The van der Waals surface area contributed by atoms with Crippen molar-refractivity contribution in [1.29, 1.82) is 0 Å². The van der Waals surface area contributed by atoms with Crippen LogP contribution in [0.25, 0.3) is 6.08 Å². The van der Waals surface area contributed by atoms with Crippen LogP contribution in [-0.4, -0.2) is 37.5 Å². The van der Waals surface area contributed by atoms with Crippen LogP contribution < -0.4 is 15.4 Å². The van der Waals surface area contributed by atoms with Crippen molar-refractivity contribution in [3.05, 3.63) is 64.1 Å². The van der Waals surface area contributed by atoms with Gasteiger partial charge in [0.1, 0.15) is 17.6 Å². The number of hydrogen-bond acceptors (Lipinski definition) is 5. The minimum Gasteiger partial charge on any atom is -0.497 e. The summed E-state index contributed by atoms with van der Waals surface area (Å²) in [7, 11) is 1.54. The first-order chi connectivity index (χ1) is 14.7. The van der Waals surface area contributed by atoms with Gasteiger partial charge in [0.2, 0.25) is 5.91 Å². The molecule has 0 aromatic heterocycles. The van der Waals surface area contributed by atoms with Gasteiger partial charge in [0.05, 0.1) is 12.8 Å². The average Bonchev–Trinajstić information content (AvgIpc) is 2.73. The smallest absolute Gasteiger partial charge is 0.328 e. The van der Waals surface area contributed by atoms with Crippen molar-refractivity contribution in [1.82, 2.24) is 5.32 Å². The summed E-state index contributed by atoms with van der Waals surface area (Å²) in [5, 5.41) is 4.58. The Morgan fingerprint density at radius 2 is 1.84 bits per heavy atom. The lowest BCUT2D eigenvalue weighted by Gasteiger charge is -2.13. The van der Waals surface area contributed by atoms with Crippen molar-refractivity contribution < 1.29 is 32.6 Å². The molecule has 0 bridgehead atoms. The van der Waals surface area contributed by atoms with E-state index < -0.39 is 42.1 Å². The van der Waals surface area contributed by atoms with Gasteiger partial charge in [-0.3, -0.25) is 9.59 Å². The minimum atomic E-state index is -1.03. The Balaban J connectivity index is 1.81. The van der Waals surface area contributed by atoms with E-state index in [1.165, 1.54) is 13.0 Å². The van der Waals surface area contributed by atoms with E-state index in [0.717, 1.165) is 11.6 Å². The molecule has 0 aliphatic rings. The minimum absolute atomic E-state index is 0.00560. The van der Waals surface area contributed by atoms with Gasteiger partial charge in [-0.2, -0.15) is 0 Å². The number of nitrogens with one attached hydrogen (secondary N) is 2. The summed E-state index contributed by atoms with van der Waals surface area (Å²) >= 11 is 2.93. The Bertz CT molecular complexity index is 973. The molecule has 7 nitrogen and oxygen atoms in total. The van der Waals surface area contributed by atoms with Crippen LogP contribution >= 0.6 is 15.9 Å². The van der Waals surface area contributed by atoms with Gasteiger partial charge in [-0.25, -0.2) is 13.6 Å². The van der Waals surface area contributed by atoms with Gasteiger partial charge in [0, 0.05) is 16.6 Å². The number of benzene rings is 2. The SMILES string of the molecule is COc1ccc(C=CC(=O)N[C@@H](C)C(=O)OCC(=O)Nc2c(F)cc(F)cc2Br)cc1. The molecule has 2 rings (SSSR count). The van der Waals surface area contributed by atoms with Crippen LogP contribution in [0.5, 0.6) is 5.75 Å². The molecule has 0 radical (unpaired) electrons. The van der Waals surface area contributed by atoms with Crippen LogP contribution in [0, 0.1) is 11.6 Å². The number of carbonyl (C=O) groups excluding carboxylic acids is 3. The highest BCUT2D eigenvalue weighted by Crippen LogP contribution is 2.26. The van der Waals surface area contributed by atoms with E-state index in [-0.39, 0.29) is 10.2 Å². The molecular weight excluding hydrogens is 478 g/mol. The quantitative estimate of drug-likeness (QED) is 0.431. The van der Waals surface area contributed by atoms with Crippen LogP contribution in [0.3, 0.4) is 0 Å². The van der Waals surface area contributed by atoms with Crippen molar-refractivity contribution in [3.8, 4) is 5.75 Å². The fourth-order valence-corrected chi connectivity index (χ4v) is 2.81. The van der Waals surface area contributed by atoms with Crippen molar-refractivity contribution >= 4 is 45.5 Å². The third kappa shape index (κ3) is 7.49. The summed E-state index contributed by atoms with van der Waals surface area (Å²) in [6, 6.07) is 7.51. The summed E-state index contributed by atoms with van der Waals surface area (Å²) in [6.45, 7) is 0.666. The van der Waals surface area contributed by atoms with Crippen LogP contribution in [0.4, 0.5) is 14.5 Å². The molecule has 164 valence electrons. The van der Waals surface area contributed by atoms with Crippen molar-refractivity contribution in [2.24, 2.45) is 0 Å². The first-order valence-corrected chi connectivity index (χ1v) is 9.72. The summed E-state index contributed by atoms with van der Waals surface area (Å²) in [5.41, 5.74) is 0.467. The molecule has 0 heterocycles. The van der Waals surface area contributed by atoms with Gasteiger partial charge in [-0.15, -0.1) is 0 Å². The second kappa shape index (κ2) is 11.2. The number of rotatable bonds is 8. The lowest BCUT2D eigenvalue weighted by atomic mass is 10.2. The van der Waals surface area contributed by atoms with E-state index in [9.17, 15) is 23.2 Å². The molecule has 2 amide bonds. The maximum atomic E-state index is 13.7. The highest BCUT2D eigenvalue weighted by Gasteiger charge is 2.18. The molecule has 0 unspecified atom stereocenters. The number of halogens is 3. The van der Waals surface area contributed by atoms with Gasteiger partial charge in [-0.1, -0.05) is 12.1 Å². The molecule has 0 aliphatic carbocycles. The molecule has 0 saturated carbocycles. The zero-order valence-corrected chi connectivity index (χ0v) is 18.2. The first kappa shape index (κ1) is 24.0. The average molecular weight is 497 g/mol. The molecule has 0 fully saturated rings. The molecule has 0 aliphatic heterocycles. The Hall–Kier alpha value is -3.27. The summed E-state index contributed by atoms with van der Waals surface area (Å²) in [6.07, 6.45) is 2.79. The van der Waals surface area contributed by atoms with Crippen LogP contribution in [0.15, 0.2) is 46.9 Å². The fourth-order valence-electron chi connectivity index (χ4n) is 2.31. The molecular formula is C21H19BrF2N2O5. The third-order valence-corrected chi connectivity index (χ3v) is 4.50. The van der Waals surface area contributed by atoms with E-state index in [4.69, 9.17) is 9.47 Å². The number of carbonyl (C=O) groups is 3. The Morgan fingerprint density at radius 3 is 2.45 bits per heavy atom. The van der Waals surface area contributed by atoms with E-state index >= 15 is 0 Å². The number of amides is 2. The number of methoxy groups -OCH3 is 1. The molecule has 10 heteroatoms. The summed E-state index contributed by atoms with van der Waals surface area (Å²) < 4.78 is 36.7. The van der Waals surface area contributed by atoms with E-state index in [0.29, 0.717) is 11.8 Å². The number of esters is 1. The molecule has 1 atom stereocenters. The van der Waals surface area contributed by atoms with Crippen LogP contribution in [-0.2, 0) is 19.1 Å². The third-order valence-electron chi connectivity index (χ3n) is 3.87. The number of ether oxygens (including phenoxy) is 2. The zero-order chi connectivity index (χ0) is 23.0. The van der Waals surface area contributed by atoms with Crippen molar-refractivity contribution in [3.63, 3.8) is 0 Å². The molecule has 0 spiro atoms. The molecule has 2 aromatic rings. The summed E-state index contributed by atoms with van der Waals surface area (Å²) in [5.74, 6) is -3.37. The van der Waals surface area contributed by atoms with Gasteiger partial charge >= 0.3 is 5.97 Å². The monoisotopic (exact) mass is 496 g/mol. The fraction of sp³-hybridized carbons (Fsp3) is 0.190. The Labute approximate surface area is 185 Å². The predicted molar refractivity (Wildman–Crippen MR) is 113 cm³/mol. The highest BCUT2D eigenvalue weighted by molar-refractivity contribution is 9.10.